The Morgan fingerprint density at radius 3 is 2.42 bits per heavy atom. The fourth-order valence-electron chi connectivity index (χ4n) is 6.12. The van der Waals surface area contributed by atoms with Crippen LogP contribution in [0.5, 0.6) is 0 Å². The topological polar surface area (TPSA) is 63.2 Å². The van der Waals surface area contributed by atoms with Crippen molar-refractivity contribution in [1.82, 2.24) is 0 Å². The van der Waals surface area contributed by atoms with Crippen molar-refractivity contribution in [3.8, 4) is 0 Å². The second kappa shape index (κ2) is 18.0. The lowest BCUT2D eigenvalue weighted by Gasteiger charge is -2.36. The largest absolute Gasteiger partial charge is 0.469 e. The van der Waals surface area contributed by atoms with Crippen LogP contribution in [0.4, 0.5) is 0 Å². The molecule has 230 valence electrons. The Morgan fingerprint density at radius 1 is 1.05 bits per heavy atom. The molecule has 0 aromatic heterocycles. The van der Waals surface area contributed by atoms with Crippen LogP contribution in [0, 0.1) is 17.3 Å². The van der Waals surface area contributed by atoms with E-state index in [0.29, 0.717) is 17.2 Å². The second-order valence-electron chi connectivity index (χ2n) is 12.5. The molecule has 7 heteroatoms. The molecule has 3 fully saturated rings. The Morgan fingerprint density at radius 2 is 1.77 bits per heavy atom. The van der Waals surface area contributed by atoms with Crippen LogP contribution in [-0.4, -0.2) is 55.9 Å². The van der Waals surface area contributed by atoms with Gasteiger partial charge >= 0.3 is 5.97 Å². The summed E-state index contributed by atoms with van der Waals surface area (Å²) < 4.78 is 30.1. The van der Waals surface area contributed by atoms with E-state index in [1.165, 1.54) is 20.0 Å². The van der Waals surface area contributed by atoms with E-state index in [1.807, 2.05) is 0 Å². The average Bonchev–Trinajstić information content (AvgIpc) is 3.25. The lowest BCUT2D eigenvalue weighted by molar-refractivity contribution is -0.198. The van der Waals surface area contributed by atoms with Crippen molar-refractivity contribution in [2.75, 3.05) is 20.3 Å². The van der Waals surface area contributed by atoms with E-state index in [-0.39, 0.29) is 42.1 Å². The summed E-state index contributed by atoms with van der Waals surface area (Å²) in [5, 5.41) is 0. The van der Waals surface area contributed by atoms with Gasteiger partial charge in [-0.2, -0.15) is 0 Å². The zero-order valence-corrected chi connectivity index (χ0v) is 27.1. The number of esters is 1. The summed E-state index contributed by atoms with van der Waals surface area (Å²) in [6.07, 6.45) is 23.2. The number of allylic oxidation sites excluding steroid dienone is 2. The van der Waals surface area contributed by atoms with Gasteiger partial charge in [0, 0.05) is 30.4 Å². The molecule has 2 heterocycles. The van der Waals surface area contributed by atoms with Crippen molar-refractivity contribution in [2.45, 2.75) is 140 Å². The lowest BCUT2D eigenvalue weighted by atomic mass is 9.80. The number of carbonyl (C=O) groups excluding carboxylic acids is 1. The van der Waals surface area contributed by atoms with E-state index < -0.39 is 0 Å². The van der Waals surface area contributed by atoms with Gasteiger partial charge in [0.15, 0.2) is 12.6 Å². The molecular formula is C33H55BrO6. The highest BCUT2D eigenvalue weighted by Gasteiger charge is 2.42. The monoisotopic (exact) mass is 626 g/mol. The Balaban J connectivity index is 1.74. The summed E-state index contributed by atoms with van der Waals surface area (Å²) in [7, 11) is 1.45. The van der Waals surface area contributed by atoms with Crippen LogP contribution in [0.25, 0.3) is 0 Å². The number of unbranched alkanes of at least 4 members (excludes halogenated alkanes) is 2. The zero-order chi connectivity index (χ0) is 28.8. The number of methoxy groups -OCH3 is 1. The zero-order valence-electron chi connectivity index (χ0n) is 25.5. The molecule has 3 aliphatic rings. The van der Waals surface area contributed by atoms with E-state index in [0.717, 1.165) is 83.8 Å². The Labute approximate surface area is 252 Å². The molecule has 7 atom stereocenters. The van der Waals surface area contributed by atoms with Gasteiger partial charge in [0.2, 0.25) is 0 Å². The minimum atomic E-state index is -0.142. The Hall–Kier alpha value is -0.730. The predicted octanol–water partition coefficient (Wildman–Crippen LogP) is 8.27. The number of hydrogen-bond donors (Lipinski definition) is 0. The van der Waals surface area contributed by atoms with Gasteiger partial charge in [-0.25, -0.2) is 0 Å². The average molecular weight is 628 g/mol. The summed E-state index contributed by atoms with van der Waals surface area (Å²) in [6, 6.07) is 0. The van der Waals surface area contributed by atoms with Gasteiger partial charge in [-0.15, -0.1) is 0 Å². The summed E-state index contributed by atoms with van der Waals surface area (Å²) in [5.74, 6) is 0.527. The van der Waals surface area contributed by atoms with Gasteiger partial charge in [-0.05, 0) is 82.0 Å². The maximum Gasteiger partial charge on any atom is 0.305 e. The van der Waals surface area contributed by atoms with Crippen molar-refractivity contribution >= 4 is 21.9 Å². The first-order valence-corrected chi connectivity index (χ1v) is 16.8. The fourth-order valence-corrected chi connectivity index (χ4v) is 7.05. The number of alkyl halides is 1. The van der Waals surface area contributed by atoms with Crippen LogP contribution in [0.2, 0.25) is 0 Å². The Bertz CT molecular complexity index is 771. The molecule has 2 saturated heterocycles. The first kappa shape index (κ1) is 33.8. The van der Waals surface area contributed by atoms with E-state index in [2.05, 4.69) is 61.0 Å². The highest BCUT2D eigenvalue weighted by atomic mass is 79.9. The van der Waals surface area contributed by atoms with Gasteiger partial charge in [-0.1, -0.05) is 73.8 Å². The van der Waals surface area contributed by atoms with Crippen molar-refractivity contribution in [2.24, 2.45) is 17.3 Å². The maximum atomic E-state index is 11.4. The van der Waals surface area contributed by atoms with Crippen molar-refractivity contribution in [3.05, 3.63) is 24.3 Å². The fraction of sp³-hybridized carbons (Fsp3) is 0.848. The van der Waals surface area contributed by atoms with Gasteiger partial charge in [0.25, 0.3) is 0 Å². The number of halogens is 1. The summed E-state index contributed by atoms with van der Waals surface area (Å²) in [5.41, 5.74) is 0.0115. The maximum absolute atomic E-state index is 11.4. The predicted molar refractivity (Wildman–Crippen MR) is 163 cm³/mol. The summed E-state index contributed by atoms with van der Waals surface area (Å²) in [4.78, 5) is 11.8. The third-order valence-corrected chi connectivity index (χ3v) is 9.81. The highest BCUT2D eigenvalue weighted by molar-refractivity contribution is 9.09. The molecule has 1 saturated carbocycles. The molecule has 0 amide bonds. The molecule has 0 N–H and O–H groups in total. The van der Waals surface area contributed by atoms with E-state index >= 15 is 0 Å². The molecule has 0 radical (unpaired) electrons. The SMILES string of the molecule is CCCCC(C)(C)[C@@H](C=C[C@@H]1[C@@H](CC=CCCCC(=O)OC)[C@H](Br)C[C@H]1OC1CCCCO1)OC1CCCCO1. The first-order chi connectivity index (χ1) is 19.3. The number of carbonyl (C=O) groups is 1. The highest BCUT2D eigenvalue weighted by Crippen LogP contribution is 2.44. The third-order valence-electron chi connectivity index (χ3n) is 8.75. The first-order valence-electron chi connectivity index (χ1n) is 15.9. The van der Waals surface area contributed by atoms with Crippen LogP contribution in [0.3, 0.4) is 0 Å². The van der Waals surface area contributed by atoms with E-state index in [1.54, 1.807) is 0 Å². The molecule has 0 spiro atoms. The molecule has 0 aromatic rings. The van der Waals surface area contributed by atoms with Crippen LogP contribution in [0.15, 0.2) is 24.3 Å². The van der Waals surface area contributed by atoms with Gasteiger partial charge in [-0.3, -0.25) is 4.79 Å². The molecule has 0 aromatic carbocycles. The number of hydrogen-bond acceptors (Lipinski definition) is 6. The smallest absolute Gasteiger partial charge is 0.305 e. The molecule has 0 bridgehead atoms. The molecule has 1 aliphatic carbocycles. The molecule has 2 aliphatic heterocycles. The van der Waals surface area contributed by atoms with Crippen LogP contribution < -0.4 is 0 Å². The third kappa shape index (κ3) is 11.2. The summed E-state index contributed by atoms with van der Waals surface area (Å²) in [6.45, 7) is 8.50. The minimum Gasteiger partial charge on any atom is -0.469 e. The van der Waals surface area contributed by atoms with Gasteiger partial charge in [0.05, 0.1) is 19.3 Å². The summed E-state index contributed by atoms with van der Waals surface area (Å²) >= 11 is 4.02. The molecule has 40 heavy (non-hydrogen) atoms. The van der Waals surface area contributed by atoms with Crippen LogP contribution in [-0.2, 0) is 28.5 Å². The molecule has 3 rings (SSSR count). The van der Waals surface area contributed by atoms with Gasteiger partial charge < -0.3 is 23.7 Å². The minimum absolute atomic E-state index is 0.0115. The number of ether oxygens (including phenoxy) is 5. The van der Waals surface area contributed by atoms with Crippen molar-refractivity contribution in [3.63, 3.8) is 0 Å². The lowest BCUT2D eigenvalue weighted by Crippen LogP contribution is -2.37. The molecule has 6 nitrogen and oxygen atoms in total. The van der Waals surface area contributed by atoms with Crippen molar-refractivity contribution < 1.29 is 28.5 Å². The van der Waals surface area contributed by atoms with E-state index in [4.69, 9.17) is 23.7 Å². The van der Waals surface area contributed by atoms with E-state index in [9.17, 15) is 4.79 Å². The molecular weight excluding hydrogens is 572 g/mol. The quantitative estimate of drug-likeness (QED) is 0.0743. The van der Waals surface area contributed by atoms with Crippen molar-refractivity contribution in [1.29, 1.82) is 0 Å². The van der Waals surface area contributed by atoms with Crippen LogP contribution >= 0.6 is 15.9 Å². The number of rotatable bonds is 16. The van der Waals surface area contributed by atoms with Gasteiger partial charge in [0.1, 0.15) is 0 Å². The molecule has 2 unspecified atom stereocenters. The Kier molecular flexibility index (Phi) is 15.2. The second-order valence-corrected chi connectivity index (χ2v) is 13.6. The van der Waals surface area contributed by atoms with Crippen LogP contribution in [0.1, 0.15) is 111 Å². The standard InChI is InChI=1S/C33H55BrO6/c1-5-6-21-33(2,3)29(40-32-18-12-14-23-38-32)20-19-26-25(15-9-7-8-10-16-30(35)36-4)27(34)24-28(26)39-31-17-11-13-22-37-31/h7,9,19-20,25-29,31-32H,5-6,8,10-18,21-24H2,1-4H3/t25-,26-,27-,28-,29-,31?,32?/m1/s1. The normalized spacial score (nSPS) is 30.7.